The monoisotopic (exact) mass is 329 g/mol. The first-order valence-corrected chi connectivity index (χ1v) is 8.93. The molecule has 0 saturated heterocycles. The number of hydrogen-bond acceptors (Lipinski definition) is 4. The number of aromatic nitrogens is 1. The fraction of sp³-hybridized carbons (Fsp3) is 0.333. The highest BCUT2D eigenvalue weighted by molar-refractivity contribution is 7.98. The molecule has 120 valence electrons. The van der Waals surface area contributed by atoms with E-state index in [0.717, 1.165) is 10.6 Å². The number of nitrogens with zero attached hydrogens (tertiary/aromatic N) is 1. The summed E-state index contributed by atoms with van der Waals surface area (Å²) in [6.07, 6.45) is 2.64. The molecule has 2 heterocycles. The minimum atomic E-state index is -0.266. The summed E-state index contributed by atoms with van der Waals surface area (Å²) in [5.74, 6) is -0.459. The van der Waals surface area contributed by atoms with Crippen molar-refractivity contribution >= 4 is 23.5 Å². The molecule has 1 atom stereocenters. The topological polar surface area (TPSA) is 48.3 Å². The first-order valence-electron chi connectivity index (χ1n) is 7.71. The lowest BCUT2D eigenvalue weighted by Gasteiger charge is -2.08. The Morgan fingerprint density at radius 2 is 2.04 bits per heavy atom. The third-order valence-electron chi connectivity index (χ3n) is 4.13. The molecule has 0 aliphatic carbocycles. The van der Waals surface area contributed by atoms with E-state index >= 15 is 0 Å². The van der Waals surface area contributed by atoms with E-state index in [9.17, 15) is 9.59 Å². The minimum Gasteiger partial charge on any atom is -0.465 e. The molecule has 0 bridgehead atoms. The highest BCUT2D eigenvalue weighted by Crippen LogP contribution is 2.37. The predicted molar refractivity (Wildman–Crippen MR) is 90.1 cm³/mol. The Kier molecular flexibility index (Phi) is 4.57. The van der Waals surface area contributed by atoms with Gasteiger partial charge >= 0.3 is 5.97 Å². The molecule has 1 aliphatic heterocycles. The molecule has 5 heteroatoms. The maximum atomic E-state index is 12.9. The molecule has 0 spiro atoms. The molecule has 1 aromatic heterocycles. The van der Waals surface area contributed by atoms with E-state index < -0.39 is 0 Å². The van der Waals surface area contributed by atoms with Crippen LogP contribution in [0.4, 0.5) is 0 Å². The maximum absolute atomic E-state index is 12.9. The summed E-state index contributed by atoms with van der Waals surface area (Å²) in [4.78, 5) is 25.9. The van der Waals surface area contributed by atoms with Gasteiger partial charge in [0, 0.05) is 22.7 Å². The van der Waals surface area contributed by atoms with Crippen LogP contribution < -0.4 is 0 Å². The van der Waals surface area contributed by atoms with Gasteiger partial charge in [0.1, 0.15) is 5.69 Å². The van der Waals surface area contributed by atoms with Crippen molar-refractivity contribution in [3.63, 3.8) is 0 Å². The summed E-state index contributed by atoms with van der Waals surface area (Å²) in [6.45, 7) is 2.86. The van der Waals surface area contributed by atoms with E-state index in [2.05, 4.69) is 0 Å². The quantitative estimate of drug-likeness (QED) is 0.479. The number of esters is 1. The molecular formula is C18H19NO3S. The van der Waals surface area contributed by atoms with Crippen molar-refractivity contribution in [3.05, 3.63) is 53.3 Å². The Balaban J connectivity index is 2.01. The highest BCUT2D eigenvalue weighted by atomic mass is 32.2. The van der Waals surface area contributed by atoms with Crippen LogP contribution in [0.3, 0.4) is 0 Å². The molecule has 1 aromatic carbocycles. The zero-order chi connectivity index (χ0) is 16.4. The number of benzene rings is 1. The predicted octanol–water partition coefficient (Wildman–Crippen LogP) is 3.49. The van der Waals surface area contributed by atoms with Gasteiger partial charge in [0.05, 0.1) is 12.5 Å². The first kappa shape index (κ1) is 15.9. The zero-order valence-corrected chi connectivity index (χ0v) is 14.1. The van der Waals surface area contributed by atoms with Gasteiger partial charge in [-0.05, 0) is 25.7 Å². The summed E-state index contributed by atoms with van der Waals surface area (Å²) >= 11 is 1.54. The van der Waals surface area contributed by atoms with Crippen LogP contribution in [0, 0.1) is 0 Å². The van der Waals surface area contributed by atoms with Crippen LogP contribution in [-0.2, 0) is 16.1 Å². The van der Waals surface area contributed by atoms with Gasteiger partial charge in [-0.25, -0.2) is 0 Å². The Labute approximate surface area is 139 Å². The number of ether oxygens (including phenoxy) is 1. The fourth-order valence-electron chi connectivity index (χ4n) is 3.08. The third-order valence-corrected chi connectivity index (χ3v) is 4.89. The minimum absolute atomic E-state index is 0.00529. The van der Waals surface area contributed by atoms with Crippen molar-refractivity contribution in [3.8, 4) is 0 Å². The van der Waals surface area contributed by atoms with Crippen molar-refractivity contribution in [2.75, 3.05) is 12.9 Å². The van der Waals surface area contributed by atoms with Gasteiger partial charge in [-0.1, -0.05) is 30.3 Å². The molecule has 3 rings (SSSR count). The van der Waals surface area contributed by atoms with Crippen molar-refractivity contribution in [2.24, 2.45) is 0 Å². The zero-order valence-electron chi connectivity index (χ0n) is 13.2. The standard InChI is InChI=1S/C18H19NO3S/c1-3-22-18(21)13-9-10-19-14(13)11-15(23-2)16(19)17(20)12-7-5-4-6-8-12/h4-8,11,13H,3,9-10H2,1-2H3. The summed E-state index contributed by atoms with van der Waals surface area (Å²) in [5.41, 5.74) is 2.25. The van der Waals surface area contributed by atoms with Crippen molar-refractivity contribution in [1.29, 1.82) is 0 Å². The van der Waals surface area contributed by atoms with Gasteiger partial charge in [-0.15, -0.1) is 11.8 Å². The molecule has 2 aromatic rings. The molecule has 0 saturated carbocycles. The van der Waals surface area contributed by atoms with Crippen LogP contribution in [0.1, 0.15) is 41.0 Å². The van der Waals surface area contributed by atoms with E-state index in [1.807, 2.05) is 54.1 Å². The van der Waals surface area contributed by atoms with Crippen molar-refractivity contribution < 1.29 is 14.3 Å². The third kappa shape index (κ3) is 2.81. The summed E-state index contributed by atoms with van der Waals surface area (Å²) in [6, 6.07) is 11.2. The summed E-state index contributed by atoms with van der Waals surface area (Å²) in [5, 5.41) is 0. The average Bonchev–Trinajstić information content (AvgIpc) is 3.13. The lowest BCUT2D eigenvalue weighted by molar-refractivity contribution is -0.144. The van der Waals surface area contributed by atoms with Crippen LogP contribution >= 0.6 is 11.8 Å². The summed E-state index contributed by atoms with van der Waals surface area (Å²) in [7, 11) is 0. The number of ketones is 1. The number of hydrogen-bond donors (Lipinski definition) is 0. The lowest BCUT2D eigenvalue weighted by Crippen LogP contribution is -2.13. The molecule has 0 fully saturated rings. The molecule has 1 aliphatic rings. The van der Waals surface area contributed by atoms with Crippen molar-refractivity contribution in [1.82, 2.24) is 4.57 Å². The van der Waals surface area contributed by atoms with Gasteiger partial charge in [-0.3, -0.25) is 9.59 Å². The Hall–Kier alpha value is -2.01. The molecule has 23 heavy (non-hydrogen) atoms. The number of carbonyl (C=O) groups excluding carboxylic acids is 2. The molecular weight excluding hydrogens is 310 g/mol. The molecule has 0 N–H and O–H groups in total. The van der Waals surface area contributed by atoms with E-state index in [1.54, 1.807) is 0 Å². The van der Waals surface area contributed by atoms with Gasteiger partial charge in [0.25, 0.3) is 0 Å². The molecule has 0 radical (unpaired) electrons. The smallest absolute Gasteiger partial charge is 0.315 e. The molecule has 0 amide bonds. The second-order valence-corrected chi connectivity index (χ2v) is 6.27. The fourth-order valence-corrected chi connectivity index (χ4v) is 3.71. The number of thioether (sulfide) groups is 1. The second kappa shape index (κ2) is 6.62. The van der Waals surface area contributed by atoms with E-state index in [4.69, 9.17) is 4.74 Å². The maximum Gasteiger partial charge on any atom is 0.315 e. The number of rotatable bonds is 5. The Bertz CT molecular complexity index is 736. The highest BCUT2D eigenvalue weighted by Gasteiger charge is 2.35. The number of fused-ring (bicyclic) bond motifs is 1. The van der Waals surface area contributed by atoms with Crippen LogP contribution in [0.2, 0.25) is 0 Å². The van der Waals surface area contributed by atoms with E-state index in [0.29, 0.717) is 30.8 Å². The lowest BCUT2D eigenvalue weighted by atomic mass is 10.1. The molecule has 1 unspecified atom stereocenters. The van der Waals surface area contributed by atoms with Crippen LogP contribution in [0.5, 0.6) is 0 Å². The van der Waals surface area contributed by atoms with Gasteiger partial charge in [0.15, 0.2) is 0 Å². The van der Waals surface area contributed by atoms with Gasteiger partial charge in [-0.2, -0.15) is 0 Å². The van der Waals surface area contributed by atoms with Crippen LogP contribution in [0.15, 0.2) is 41.3 Å². The first-order chi connectivity index (χ1) is 11.2. The normalized spacial score (nSPS) is 16.2. The van der Waals surface area contributed by atoms with Gasteiger partial charge < -0.3 is 9.30 Å². The number of carbonyl (C=O) groups is 2. The second-order valence-electron chi connectivity index (χ2n) is 5.43. The summed E-state index contributed by atoms with van der Waals surface area (Å²) < 4.78 is 7.16. The van der Waals surface area contributed by atoms with E-state index in [-0.39, 0.29) is 17.7 Å². The Morgan fingerprint density at radius 1 is 1.30 bits per heavy atom. The van der Waals surface area contributed by atoms with Crippen molar-refractivity contribution in [2.45, 2.75) is 30.7 Å². The largest absolute Gasteiger partial charge is 0.465 e. The molecule has 4 nitrogen and oxygen atoms in total. The van der Waals surface area contributed by atoms with Gasteiger partial charge in [0.2, 0.25) is 5.78 Å². The van der Waals surface area contributed by atoms with Crippen LogP contribution in [-0.4, -0.2) is 29.2 Å². The Morgan fingerprint density at radius 3 is 2.70 bits per heavy atom. The van der Waals surface area contributed by atoms with E-state index in [1.165, 1.54) is 11.8 Å². The van der Waals surface area contributed by atoms with Crippen LogP contribution in [0.25, 0.3) is 0 Å². The average molecular weight is 329 g/mol. The SMILES string of the molecule is CCOC(=O)C1CCn2c1cc(SC)c2C(=O)c1ccccc1.